The Morgan fingerprint density at radius 3 is 2.71 bits per heavy atom. The van der Waals surface area contributed by atoms with Gasteiger partial charge in [-0.2, -0.15) is 0 Å². The predicted octanol–water partition coefficient (Wildman–Crippen LogP) is 1.93. The zero-order chi connectivity index (χ0) is 15.1. The van der Waals surface area contributed by atoms with Gasteiger partial charge < -0.3 is 15.2 Å². The zero-order valence-corrected chi connectivity index (χ0v) is 13.5. The molecule has 1 aromatic rings. The molecule has 0 aliphatic heterocycles. The molecule has 0 aromatic carbocycles. The van der Waals surface area contributed by atoms with Crippen molar-refractivity contribution in [1.29, 1.82) is 0 Å². The lowest BCUT2D eigenvalue weighted by Crippen LogP contribution is -2.42. The van der Waals surface area contributed by atoms with Crippen molar-refractivity contribution in [1.82, 2.24) is 25.4 Å². The molecule has 1 aliphatic rings. The number of guanidine groups is 1. The molecule has 2 N–H and O–H groups in total. The van der Waals surface area contributed by atoms with E-state index in [9.17, 15) is 0 Å². The highest BCUT2D eigenvalue weighted by Crippen LogP contribution is 2.40. The third-order valence-electron chi connectivity index (χ3n) is 4.72. The summed E-state index contributed by atoms with van der Waals surface area (Å²) in [7, 11) is 1.81. The van der Waals surface area contributed by atoms with Crippen LogP contribution in [0, 0.1) is 5.41 Å². The standard InChI is InChI=1S/C15H28N6/c1-4-15(8-6-7-9-15)11-18-14(16-3)17-10-13-20-19-12-21(13)5-2/h12H,4-11H2,1-3H3,(H2,16,17,18). The van der Waals surface area contributed by atoms with E-state index in [1.165, 1.54) is 32.1 Å². The van der Waals surface area contributed by atoms with E-state index in [1.807, 2.05) is 11.6 Å². The predicted molar refractivity (Wildman–Crippen MR) is 85.1 cm³/mol. The molecule has 6 heteroatoms. The Morgan fingerprint density at radius 2 is 2.10 bits per heavy atom. The average Bonchev–Trinajstić information content (AvgIpc) is 3.16. The first-order valence-electron chi connectivity index (χ1n) is 8.04. The molecule has 1 heterocycles. The fourth-order valence-corrected chi connectivity index (χ4v) is 3.11. The van der Waals surface area contributed by atoms with Gasteiger partial charge in [-0.15, -0.1) is 10.2 Å². The summed E-state index contributed by atoms with van der Waals surface area (Å²) in [6, 6.07) is 0. The molecule has 0 bridgehead atoms. The van der Waals surface area contributed by atoms with Crippen molar-refractivity contribution in [3.8, 4) is 0 Å². The van der Waals surface area contributed by atoms with Crippen LogP contribution in [0.3, 0.4) is 0 Å². The fraction of sp³-hybridized carbons (Fsp3) is 0.800. The van der Waals surface area contributed by atoms with Crippen LogP contribution in [0.25, 0.3) is 0 Å². The number of aryl methyl sites for hydroxylation is 1. The topological polar surface area (TPSA) is 67.1 Å². The number of aliphatic imine (C=N–C) groups is 1. The Kier molecular flexibility index (Phi) is 5.59. The second-order valence-corrected chi connectivity index (χ2v) is 5.87. The second kappa shape index (κ2) is 7.43. The molecular weight excluding hydrogens is 264 g/mol. The molecule has 1 fully saturated rings. The maximum atomic E-state index is 4.31. The van der Waals surface area contributed by atoms with Crippen LogP contribution in [0.2, 0.25) is 0 Å². The Hall–Kier alpha value is -1.59. The van der Waals surface area contributed by atoms with Gasteiger partial charge in [0.2, 0.25) is 0 Å². The maximum absolute atomic E-state index is 4.31. The van der Waals surface area contributed by atoms with Gasteiger partial charge in [-0.1, -0.05) is 19.8 Å². The first-order valence-corrected chi connectivity index (χ1v) is 8.04. The van der Waals surface area contributed by atoms with Crippen LogP contribution >= 0.6 is 0 Å². The van der Waals surface area contributed by atoms with Gasteiger partial charge in [-0.05, 0) is 31.6 Å². The molecular formula is C15H28N6. The lowest BCUT2D eigenvalue weighted by Gasteiger charge is -2.28. The largest absolute Gasteiger partial charge is 0.356 e. The molecule has 1 aromatic heterocycles. The van der Waals surface area contributed by atoms with Crippen molar-refractivity contribution in [3.63, 3.8) is 0 Å². The fourth-order valence-electron chi connectivity index (χ4n) is 3.11. The Morgan fingerprint density at radius 1 is 1.33 bits per heavy atom. The van der Waals surface area contributed by atoms with Crippen molar-refractivity contribution in [2.45, 2.75) is 59.0 Å². The van der Waals surface area contributed by atoms with Gasteiger partial charge in [0.25, 0.3) is 0 Å². The van der Waals surface area contributed by atoms with Crippen molar-refractivity contribution < 1.29 is 0 Å². The first kappa shape index (κ1) is 15.8. The minimum atomic E-state index is 0.459. The molecule has 2 rings (SSSR count). The van der Waals surface area contributed by atoms with E-state index >= 15 is 0 Å². The van der Waals surface area contributed by atoms with Gasteiger partial charge in [0.1, 0.15) is 6.33 Å². The van der Waals surface area contributed by atoms with Crippen LogP contribution in [0.1, 0.15) is 51.8 Å². The molecule has 0 unspecified atom stereocenters. The number of nitrogens with zero attached hydrogens (tertiary/aromatic N) is 4. The van der Waals surface area contributed by atoms with E-state index < -0.39 is 0 Å². The summed E-state index contributed by atoms with van der Waals surface area (Å²) in [5.41, 5.74) is 0.459. The van der Waals surface area contributed by atoms with Crippen LogP contribution in [0.15, 0.2) is 11.3 Å². The average molecular weight is 292 g/mol. The third-order valence-corrected chi connectivity index (χ3v) is 4.72. The maximum Gasteiger partial charge on any atom is 0.191 e. The normalized spacial score (nSPS) is 18.0. The molecule has 0 atom stereocenters. The van der Waals surface area contributed by atoms with Gasteiger partial charge in [-0.3, -0.25) is 4.99 Å². The van der Waals surface area contributed by atoms with Crippen molar-refractivity contribution >= 4 is 5.96 Å². The molecule has 1 saturated carbocycles. The lowest BCUT2D eigenvalue weighted by atomic mass is 9.83. The number of rotatable bonds is 6. The third kappa shape index (κ3) is 3.95. The summed E-state index contributed by atoms with van der Waals surface area (Å²) < 4.78 is 2.03. The molecule has 0 spiro atoms. The van der Waals surface area contributed by atoms with Crippen LogP contribution in [0.4, 0.5) is 0 Å². The number of hydrogen-bond acceptors (Lipinski definition) is 3. The minimum Gasteiger partial charge on any atom is -0.356 e. The van der Waals surface area contributed by atoms with Crippen LogP contribution < -0.4 is 10.6 Å². The van der Waals surface area contributed by atoms with Crippen LogP contribution in [0.5, 0.6) is 0 Å². The summed E-state index contributed by atoms with van der Waals surface area (Å²) in [4.78, 5) is 4.31. The van der Waals surface area contributed by atoms with Gasteiger partial charge in [0.05, 0.1) is 6.54 Å². The van der Waals surface area contributed by atoms with Crippen molar-refractivity contribution in [2.75, 3.05) is 13.6 Å². The van der Waals surface area contributed by atoms with E-state index in [1.54, 1.807) is 6.33 Å². The Bertz CT molecular complexity index is 458. The Labute approximate surface area is 127 Å². The van der Waals surface area contributed by atoms with E-state index in [2.05, 4.69) is 39.7 Å². The SMILES string of the molecule is CCn1cnnc1CNC(=NC)NCC1(CC)CCCC1. The summed E-state index contributed by atoms with van der Waals surface area (Å²) in [5, 5.41) is 14.9. The molecule has 0 saturated heterocycles. The van der Waals surface area contributed by atoms with Crippen LogP contribution in [-0.2, 0) is 13.1 Å². The summed E-state index contributed by atoms with van der Waals surface area (Å²) in [6.07, 6.45) is 8.39. The highest BCUT2D eigenvalue weighted by Gasteiger charge is 2.31. The summed E-state index contributed by atoms with van der Waals surface area (Å²) >= 11 is 0. The van der Waals surface area contributed by atoms with Gasteiger partial charge in [-0.25, -0.2) is 0 Å². The molecule has 118 valence electrons. The number of nitrogens with one attached hydrogen (secondary N) is 2. The van der Waals surface area contributed by atoms with Gasteiger partial charge in [0.15, 0.2) is 11.8 Å². The highest BCUT2D eigenvalue weighted by atomic mass is 15.3. The zero-order valence-electron chi connectivity index (χ0n) is 13.5. The van der Waals surface area contributed by atoms with E-state index in [4.69, 9.17) is 0 Å². The molecule has 6 nitrogen and oxygen atoms in total. The van der Waals surface area contributed by atoms with Crippen molar-refractivity contribution in [3.05, 3.63) is 12.2 Å². The quantitative estimate of drug-likeness (QED) is 0.621. The number of aromatic nitrogens is 3. The highest BCUT2D eigenvalue weighted by molar-refractivity contribution is 5.79. The van der Waals surface area contributed by atoms with E-state index in [-0.39, 0.29) is 0 Å². The lowest BCUT2D eigenvalue weighted by molar-refractivity contribution is 0.283. The summed E-state index contributed by atoms with van der Waals surface area (Å²) in [5.74, 6) is 1.78. The molecule has 0 amide bonds. The van der Waals surface area contributed by atoms with Gasteiger partial charge in [0, 0.05) is 20.1 Å². The molecule has 21 heavy (non-hydrogen) atoms. The van der Waals surface area contributed by atoms with E-state index in [0.29, 0.717) is 12.0 Å². The number of hydrogen-bond donors (Lipinski definition) is 2. The second-order valence-electron chi connectivity index (χ2n) is 5.87. The minimum absolute atomic E-state index is 0.459. The molecule has 1 aliphatic carbocycles. The van der Waals surface area contributed by atoms with E-state index in [0.717, 1.165) is 24.9 Å². The monoisotopic (exact) mass is 292 g/mol. The summed E-state index contributed by atoms with van der Waals surface area (Å²) in [6.45, 7) is 6.92. The first-order chi connectivity index (χ1) is 10.2. The van der Waals surface area contributed by atoms with Gasteiger partial charge >= 0.3 is 0 Å². The smallest absolute Gasteiger partial charge is 0.191 e. The van der Waals surface area contributed by atoms with Crippen molar-refractivity contribution in [2.24, 2.45) is 10.4 Å². The molecule has 0 radical (unpaired) electrons. The van der Waals surface area contributed by atoms with Crippen LogP contribution in [-0.4, -0.2) is 34.3 Å². The Balaban J connectivity index is 1.83.